The summed E-state index contributed by atoms with van der Waals surface area (Å²) in [5, 5.41) is -0.295. The molecule has 1 aromatic heterocycles. The van der Waals surface area contributed by atoms with E-state index in [2.05, 4.69) is 14.9 Å². The van der Waals surface area contributed by atoms with Crippen LogP contribution in [0.2, 0.25) is 5.15 Å². The van der Waals surface area contributed by atoms with Crippen LogP contribution in [-0.4, -0.2) is 40.1 Å². The predicted octanol–water partition coefficient (Wildman–Crippen LogP) is 3.65. The fraction of sp³-hybridized carbons (Fsp3) is 0.692. The second-order valence-electron chi connectivity index (χ2n) is 5.12. The molecular formula is C13H19ClF3N3O. The molecule has 0 aromatic carbocycles. The number of nitrogens with zero attached hydrogens (tertiary/aromatic N) is 3. The Morgan fingerprint density at radius 1 is 1.19 bits per heavy atom. The summed E-state index contributed by atoms with van der Waals surface area (Å²) < 4.78 is 43.0. The number of alkyl halides is 3. The van der Waals surface area contributed by atoms with Gasteiger partial charge >= 0.3 is 6.18 Å². The SMILES string of the molecule is CC(C)N(CCOc1cc(Cl)nc(C(F)(F)F)n1)C(C)C. The Hall–Kier alpha value is -1.08. The maximum absolute atomic E-state index is 12.6. The highest BCUT2D eigenvalue weighted by Gasteiger charge is 2.35. The van der Waals surface area contributed by atoms with Crippen LogP contribution in [0, 0.1) is 0 Å². The number of hydrogen-bond acceptors (Lipinski definition) is 4. The molecule has 0 spiro atoms. The third kappa shape index (κ3) is 5.67. The van der Waals surface area contributed by atoms with E-state index in [1.807, 2.05) is 27.7 Å². The summed E-state index contributed by atoms with van der Waals surface area (Å²) in [7, 11) is 0. The van der Waals surface area contributed by atoms with Gasteiger partial charge in [0.1, 0.15) is 11.8 Å². The maximum Gasteiger partial charge on any atom is 0.451 e. The van der Waals surface area contributed by atoms with Crippen molar-refractivity contribution in [2.75, 3.05) is 13.2 Å². The van der Waals surface area contributed by atoms with Crippen LogP contribution in [0.25, 0.3) is 0 Å². The topological polar surface area (TPSA) is 38.2 Å². The van der Waals surface area contributed by atoms with Crippen molar-refractivity contribution in [3.63, 3.8) is 0 Å². The highest BCUT2D eigenvalue weighted by molar-refractivity contribution is 6.29. The van der Waals surface area contributed by atoms with Crippen molar-refractivity contribution in [1.82, 2.24) is 14.9 Å². The van der Waals surface area contributed by atoms with Crippen LogP contribution in [0.1, 0.15) is 33.5 Å². The first-order valence-corrected chi connectivity index (χ1v) is 6.99. The molecule has 0 amide bonds. The van der Waals surface area contributed by atoms with Crippen molar-refractivity contribution in [1.29, 1.82) is 0 Å². The van der Waals surface area contributed by atoms with Crippen LogP contribution >= 0.6 is 11.6 Å². The summed E-state index contributed by atoms with van der Waals surface area (Å²) in [6.07, 6.45) is -4.65. The summed E-state index contributed by atoms with van der Waals surface area (Å²) in [4.78, 5) is 8.63. The Morgan fingerprint density at radius 3 is 2.24 bits per heavy atom. The second kappa shape index (κ2) is 7.26. The molecule has 21 heavy (non-hydrogen) atoms. The Kier molecular flexibility index (Phi) is 6.22. The standard InChI is InChI=1S/C13H19ClF3N3O/c1-8(2)20(9(3)4)5-6-21-11-7-10(14)18-12(19-11)13(15,16)17/h7-9H,5-6H2,1-4H3. The van der Waals surface area contributed by atoms with E-state index < -0.39 is 12.0 Å². The lowest BCUT2D eigenvalue weighted by atomic mass is 10.2. The van der Waals surface area contributed by atoms with Gasteiger partial charge in [-0.3, -0.25) is 4.90 Å². The van der Waals surface area contributed by atoms with Gasteiger partial charge in [0.25, 0.3) is 0 Å². The van der Waals surface area contributed by atoms with E-state index >= 15 is 0 Å². The lowest BCUT2D eigenvalue weighted by Gasteiger charge is -2.30. The van der Waals surface area contributed by atoms with Crippen LogP contribution in [0.15, 0.2) is 6.07 Å². The van der Waals surface area contributed by atoms with E-state index in [0.29, 0.717) is 18.6 Å². The van der Waals surface area contributed by atoms with Gasteiger partial charge < -0.3 is 4.74 Å². The van der Waals surface area contributed by atoms with E-state index in [9.17, 15) is 13.2 Å². The van der Waals surface area contributed by atoms with Crippen LogP contribution in [0.5, 0.6) is 5.88 Å². The minimum absolute atomic E-state index is 0.171. The molecule has 0 bridgehead atoms. The average Bonchev–Trinajstić information content (AvgIpc) is 2.31. The van der Waals surface area contributed by atoms with Gasteiger partial charge in [-0.2, -0.15) is 18.2 Å². The zero-order valence-corrected chi connectivity index (χ0v) is 13.2. The number of aromatic nitrogens is 2. The van der Waals surface area contributed by atoms with E-state index in [1.54, 1.807) is 0 Å². The Labute approximate surface area is 127 Å². The van der Waals surface area contributed by atoms with Gasteiger partial charge in [0.05, 0.1) is 0 Å². The van der Waals surface area contributed by atoms with Crippen molar-refractivity contribution in [2.45, 2.75) is 46.0 Å². The number of ether oxygens (including phenoxy) is 1. The van der Waals surface area contributed by atoms with E-state index in [1.165, 1.54) is 6.07 Å². The Balaban J connectivity index is 2.70. The second-order valence-corrected chi connectivity index (χ2v) is 5.51. The van der Waals surface area contributed by atoms with Gasteiger partial charge in [-0.05, 0) is 27.7 Å². The molecule has 1 heterocycles. The molecule has 0 N–H and O–H groups in total. The van der Waals surface area contributed by atoms with E-state index in [4.69, 9.17) is 16.3 Å². The molecule has 0 atom stereocenters. The van der Waals surface area contributed by atoms with Crippen molar-refractivity contribution >= 4 is 11.6 Å². The van der Waals surface area contributed by atoms with E-state index in [-0.39, 0.29) is 17.6 Å². The van der Waals surface area contributed by atoms with Crippen molar-refractivity contribution in [3.8, 4) is 5.88 Å². The molecule has 0 fully saturated rings. The number of halogens is 4. The van der Waals surface area contributed by atoms with Crippen LogP contribution < -0.4 is 4.74 Å². The molecule has 8 heteroatoms. The van der Waals surface area contributed by atoms with E-state index in [0.717, 1.165) is 0 Å². The summed E-state index contributed by atoms with van der Waals surface area (Å²) in [6.45, 7) is 8.98. The molecule has 0 saturated carbocycles. The summed E-state index contributed by atoms with van der Waals surface area (Å²) in [6, 6.07) is 1.80. The molecule has 1 rings (SSSR count). The van der Waals surface area contributed by atoms with Crippen LogP contribution in [-0.2, 0) is 6.18 Å². The maximum atomic E-state index is 12.6. The minimum Gasteiger partial charge on any atom is -0.476 e. The fourth-order valence-corrected chi connectivity index (χ4v) is 2.14. The lowest BCUT2D eigenvalue weighted by Crippen LogP contribution is -2.39. The van der Waals surface area contributed by atoms with Gasteiger partial charge in [-0.15, -0.1) is 0 Å². The van der Waals surface area contributed by atoms with Crippen LogP contribution in [0.3, 0.4) is 0 Å². The first kappa shape index (κ1) is 18.0. The minimum atomic E-state index is -4.65. The Morgan fingerprint density at radius 2 is 1.76 bits per heavy atom. The molecule has 0 aliphatic heterocycles. The average molecular weight is 326 g/mol. The molecule has 120 valence electrons. The largest absolute Gasteiger partial charge is 0.476 e. The lowest BCUT2D eigenvalue weighted by molar-refractivity contribution is -0.145. The molecule has 0 radical (unpaired) electrons. The predicted molar refractivity (Wildman–Crippen MR) is 74.5 cm³/mol. The molecule has 0 aliphatic carbocycles. The molecular weight excluding hydrogens is 307 g/mol. The number of hydrogen-bond donors (Lipinski definition) is 0. The third-order valence-corrected chi connectivity index (χ3v) is 3.04. The quantitative estimate of drug-likeness (QED) is 0.748. The highest BCUT2D eigenvalue weighted by Crippen LogP contribution is 2.28. The monoisotopic (exact) mass is 325 g/mol. The van der Waals surface area contributed by atoms with Gasteiger partial charge in [-0.1, -0.05) is 11.6 Å². The highest BCUT2D eigenvalue weighted by atomic mass is 35.5. The van der Waals surface area contributed by atoms with Crippen molar-refractivity contribution in [2.24, 2.45) is 0 Å². The molecule has 1 aromatic rings. The summed E-state index contributed by atoms with van der Waals surface area (Å²) in [5.74, 6) is -1.47. The Bertz CT molecular complexity index is 458. The smallest absolute Gasteiger partial charge is 0.451 e. The molecule has 4 nitrogen and oxygen atoms in total. The third-order valence-electron chi connectivity index (χ3n) is 2.85. The zero-order valence-electron chi connectivity index (χ0n) is 12.4. The van der Waals surface area contributed by atoms with Gasteiger partial charge in [-0.25, -0.2) is 4.98 Å². The fourth-order valence-electron chi connectivity index (χ4n) is 1.97. The van der Waals surface area contributed by atoms with Crippen LogP contribution in [0.4, 0.5) is 13.2 Å². The normalized spacial score (nSPS) is 12.5. The van der Waals surface area contributed by atoms with Gasteiger partial charge in [0, 0.05) is 24.7 Å². The molecule has 0 saturated heterocycles. The van der Waals surface area contributed by atoms with Crippen molar-refractivity contribution in [3.05, 3.63) is 17.0 Å². The van der Waals surface area contributed by atoms with Crippen molar-refractivity contribution < 1.29 is 17.9 Å². The van der Waals surface area contributed by atoms with Gasteiger partial charge in [0.2, 0.25) is 11.7 Å². The number of rotatable bonds is 6. The first-order chi connectivity index (χ1) is 9.61. The molecule has 0 unspecified atom stereocenters. The molecule has 0 aliphatic rings. The summed E-state index contributed by atoms with van der Waals surface area (Å²) in [5.41, 5.74) is 0. The zero-order chi connectivity index (χ0) is 16.2. The van der Waals surface area contributed by atoms with Gasteiger partial charge in [0.15, 0.2) is 0 Å². The summed E-state index contributed by atoms with van der Waals surface area (Å²) >= 11 is 5.56. The first-order valence-electron chi connectivity index (χ1n) is 6.61.